The van der Waals surface area contributed by atoms with Gasteiger partial charge in [0, 0.05) is 12.6 Å². The average Bonchev–Trinajstić information content (AvgIpc) is 3.13. The zero-order valence-electron chi connectivity index (χ0n) is 15.4. The summed E-state index contributed by atoms with van der Waals surface area (Å²) in [5.74, 6) is 2.03. The molecule has 8 heteroatoms. The first-order valence-electron chi connectivity index (χ1n) is 9.37. The van der Waals surface area contributed by atoms with Crippen LogP contribution in [0.2, 0.25) is 0 Å². The molecule has 1 aliphatic rings. The van der Waals surface area contributed by atoms with Gasteiger partial charge in [-0.15, -0.1) is 5.10 Å². The molecule has 142 valence electrons. The minimum absolute atomic E-state index is 0.283. The summed E-state index contributed by atoms with van der Waals surface area (Å²) in [6.07, 6.45) is 7.01. The molecule has 8 nitrogen and oxygen atoms in total. The Labute approximate surface area is 157 Å². The first-order chi connectivity index (χ1) is 13.3. The molecule has 0 saturated heterocycles. The van der Waals surface area contributed by atoms with Crippen molar-refractivity contribution in [2.75, 3.05) is 19.0 Å². The number of nitrogens with zero attached hydrogens (tertiary/aromatic N) is 5. The molecule has 1 saturated carbocycles. The van der Waals surface area contributed by atoms with E-state index in [1.54, 1.807) is 18.0 Å². The molecule has 0 radical (unpaired) electrons. The molecule has 2 heterocycles. The molecule has 0 atom stereocenters. The molecule has 0 amide bonds. The van der Waals surface area contributed by atoms with Crippen molar-refractivity contribution in [2.45, 2.75) is 38.1 Å². The third-order valence-corrected chi connectivity index (χ3v) is 5.23. The first-order valence-corrected chi connectivity index (χ1v) is 9.37. The summed E-state index contributed by atoms with van der Waals surface area (Å²) in [4.78, 5) is 9.04. The Morgan fingerprint density at radius 1 is 1.19 bits per heavy atom. The Bertz CT molecular complexity index is 887. The number of aliphatic hydroxyl groups excluding tert-OH is 1. The van der Waals surface area contributed by atoms with E-state index < -0.39 is 0 Å². The third-order valence-electron chi connectivity index (χ3n) is 5.23. The SMILES string of the molecule is COc1ccc(-n2nnc3cnc(N[C@H]4CC[C@H](CCO)CC4)nc32)cc1. The van der Waals surface area contributed by atoms with E-state index in [2.05, 4.69) is 25.6 Å². The van der Waals surface area contributed by atoms with Crippen molar-refractivity contribution in [3.05, 3.63) is 30.5 Å². The van der Waals surface area contributed by atoms with Crippen LogP contribution >= 0.6 is 0 Å². The van der Waals surface area contributed by atoms with E-state index in [1.165, 1.54) is 0 Å². The second kappa shape index (κ2) is 7.87. The smallest absolute Gasteiger partial charge is 0.225 e. The zero-order valence-corrected chi connectivity index (χ0v) is 15.4. The molecule has 0 bridgehead atoms. The van der Waals surface area contributed by atoms with E-state index in [1.807, 2.05) is 24.3 Å². The van der Waals surface area contributed by atoms with Gasteiger partial charge in [-0.25, -0.2) is 4.98 Å². The molecular formula is C19H24N6O2. The van der Waals surface area contributed by atoms with Crippen molar-refractivity contribution in [3.63, 3.8) is 0 Å². The maximum Gasteiger partial charge on any atom is 0.225 e. The Kier molecular flexibility index (Phi) is 5.15. The Morgan fingerprint density at radius 2 is 1.96 bits per heavy atom. The number of methoxy groups -OCH3 is 1. The highest BCUT2D eigenvalue weighted by molar-refractivity contribution is 5.72. The number of hydrogen-bond donors (Lipinski definition) is 2. The van der Waals surface area contributed by atoms with Crippen molar-refractivity contribution in [1.29, 1.82) is 0 Å². The van der Waals surface area contributed by atoms with Crippen LogP contribution in [0.3, 0.4) is 0 Å². The molecule has 1 aliphatic carbocycles. The average molecular weight is 368 g/mol. The summed E-state index contributed by atoms with van der Waals surface area (Å²) >= 11 is 0. The number of benzene rings is 1. The third kappa shape index (κ3) is 3.85. The highest BCUT2D eigenvalue weighted by Crippen LogP contribution is 2.28. The summed E-state index contributed by atoms with van der Waals surface area (Å²) in [5.41, 5.74) is 2.20. The monoisotopic (exact) mass is 368 g/mol. The fourth-order valence-corrected chi connectivity index (χ4v) is 3.66. The lowest BCUT2D eigenvalue weighted by atomic mass is 9.84. The molecule has 0 unspecified atom stereocenters. The Morgan fingerprint density at radius 3 is 2.67 bits per heavy atom. The maximum atomic E-state index is 9.09. The molecule has 0 aliphatic heterocycles. The van der Waals surface area contributed by atoms with Gasteiger partial charge in [0.15, 0.2) is 11.2 Å². The minimum atomic E-state index is 0.283. The molecule has 3 aromatic rings. The number of nitrogens with one attached hydrogen (secondary N) is 1. The van der Waals surface area contributed by atoms with Crippen LogP contribution in [0.1, 0.15) is 32.1 Å². The number of aromatic nitrogens is 5. The van der Waals surface area contributed by atoms with Gasteiger partial charge >= 0.3 is 0 Å². The highest BCUT2D eigenvalue weighted by atomic mass is 16.5. The van der Waals surface area contributed by atoms with Gasteiger partial charge in [-0.05, 0) is 62.3 Å². The molecule has 1 aromatic carbocycles. The predicted octanol–water partition coefficient (Wildman–Crippen LogP) is 2.57. The number of aliphatic hydroxyl groups is 1. The molecule has 0 spiro atoms. The van der Waals surface area contributed by atoms with Crippen LogP contribution in [-0.4, -0.2) is 49.8 Å². The number of rotatable bonds is 6. The lowest BCUT2D eigenvalue weighted by Gasteiger charge is -2.28. The summed E-state index contributed by atoms with van der Waals surface area (Å²) in [6, 6.07) is 7.97. The zero-order chi connectivity index (χ0) is 18.6. The molecule has 2 aromatic heterocycles. The van der Waals surface area contributed by atoms with Gasteiger partial charge in [0.2, 0.25) is 5.95 Å². The molecule has 2 N–H and O–H groups in total. The Hall–Kier alpha value is -2.74. The van der Waals surface area contributed by atoms with Crippen LogP contribution < -0.4 is 10.1 Å². The lowest BCUT2D eigenvalue weighted by molar-refractivity contribution is 0.225. The van der Waals surface area contributed by atoms with Gasteiger partial charge in [-0.1, -0.05) is 5.21 Å². The van der Waals surface area contributed by atoms with E-state index in [0.717, 1.165) is 43.5 Å². The molecule has 4 rings (SSSR count). The first kappa shape index (κ1) is 17.7. The Balaban J connectivity index is 1.51. The standard InChI is InChI=1S/C19H24N6O2/c1-27-16-8-6-15(7-9-16)25-18-17(23-24-25)12-20-19(22-18)21-14-4-2-13(3-5-14)10-11-26/h6-9,12-14,26H,2-5,10-11H2,1H3,(H,20,21,22)/t13-,14-. The lowest BCUT2D eigenvalue weighted by Crippen LogP contribution is -2.27. The van der Waals surface area contributed by atoms with Gasteiger partial charge in [-0.2, -0.15) is 9.67 Å². The van der Waals surface area contributed by atoms with Crippen molar-refractivity contribution in [2.24, 2.45) is 5.92 Å². The van der Waals surface area contributed by atoms with Gasteiger partial charge in [0.1, 0.15) is 5.75 Å². The van der Waals surface area contributed by atoms with Crippen LogP contribution in [0.4, 0.5) is 5.95 Å². The quantitative estimate of drug-likeness (QED) is 0.690. The van der Waals surface area contributed by atoms with E-state index in [9.17, 15) is 0 Å². The molecular weight excluding hydrogens is 344 g/mol. The van der Waals surface area contributed by atoms with E-state index in [4.69, 9.17) is 9.84 Å². The fourth-order valence-electron chi connectivity index (χ4n) is 3.66. The molecule has 1 fully saturated rings. The van der Waals surface area contributed by atoms with Crippen molar-refractivity contribution < 1.29 is 9.84 Å². The van der Waals surface area contributed by atoms with Gasteiger partial charge in [-0.3, -0.25) is 0 Å². The summed E-state index contributed by atoms with van der Waals surface area (Å²) < 4.78 is 6.91. The summed E-state index contributed by atoms with van der Waals surface area (Å²) in [7, 11) is 1.64. The van der Waals surface area contributed by atoms with Crippen LogP contribution in [-0.2, 0) is 0 Å². The molecule has 27 heavy (non-hydrogen) atoms. The van der Waals surface area contributed by atoms with Gasteiger partial charge in [0.05, 0.1) is 19.0 Å². The van der Waals surface area contributed by atoms with Gasteiger partial charge in [0.25, 0.3) is 0 Å². The summed E-state index contributed by atoms with van der Waals surface area (Å²) in [6.45, 7) is 0.283. The highest BCUT2D eigenvalue weighted by Gasteiger charge is 2.21. The fraction of sp³-hybridized carbons (Fsp3) is 0.474. The predicted molar refractivity (Wildman–Crippen MR) is 102 cm³/mol. The van der Waals surface area contributed by atoms with Crippen LogP contribution in [0.25, 0.3) is 16.9 Å². The number of hydrogen-bond acceptors (Lipinski definition) is 7. The van der Waals surface area contributed by atoms with Crippen LogP contribution in [0.5, 0.6) is 5.75 Å². The largest absolute Gasteiger partial charge is 0.497 e. The van der Waals surface area contributed by atoms with Crippen molar-refractivity contribution in [1.82, 2.24) is 25.0 Å². The number of anilines is 1. The maximum absolute atomic E-state index is 9.09. The van der Waals surface area contributed by atoms with E-state index in [0.29, 0.717) is 29.1 Å². The number of fused-ring (bicyclic) bond motifs is 1. The van der Waals surface area contributed by atoms with E-state index in [-0.39, 0.29) is 6.61 Å². The normalized spacial score (nSPS) is 19.9. The van der Waals surface area contributed by atoms with Crippen molar-refractivity contribution >= 4 is 17.1 Å². The number of ether oxygens (including phenoxy) is 1. The van der Waals surface area contributed by atoms with Gasteiger partial charge < -0.3 is 15.2 Å². The topological polar surface area (TPSA) is 98.0 Å². The second-order valence-electron chi connectivity index (χ2n) is 6.98. The minimum Gasteiger partial charge on any atom is -0.497 e. The van der Waals surface area contributed by atoms with Crippen LogP contribution in [0, 0.1) is 5.92 Å². The van der Waals surface area contributed by atoms with Crippen LogP contribution in [0.15, 0.2) is 30.5 Å². The van der Waals surface area contributed by atoms with Crippen molar-refractivity contribution in [3.8, 4) is 11.4 Å². The van der Waals surface area contributed by atoms with E-state index >= 15 is 0 Å². The second-order valence-corrected chi connectivity index (χ2v) is 6.98. The summed E-state index contributed by atoms with van der Waals surface area (Å²) in [5, 5.41) is 20.9.